The fraction of sp³-hybridized carbons (Fsp3) is 0.375. The van der Waals surface area contributed by atoms with Crippen molar-refractivity contribution in [1.82, 2.24) is 14.8 Å². The molecular weight excluding hydrogens is 345 g/mol. The highest BCUT2D eigenvalue weighted by molar-refractivity contribution is 8.00. The molecule has 0 fully saturated rings. The van der Waals surface area contributed by atoms with Crippen LogP contribution in [0.25, 0.3) is 0 Å². The average Bonchev–Trinajstić information content (AvgIpc) is 2.89. The normalized spacial score (nSPS) is 12.0. The molecule has 0 saturated carbocycles. The van der Waals surface area contributed by atoms with Crippen molar-refractivity contribution in [3.63, 3.8) is 0 Å². The predicted molar refractivity (Wildman–Crippen MR) is 93.6 cm³/mol. The fourth-order valence-electron chi connectivity index (χ4n) is 2.03. The highest BCUT2D eigenvalue weighted by Crippen LogP contribution is 2.23. The second-order valence-electron chi connectivity index (χ2n) is 5.64. The maximum Gasteiger partial charge on any atom is 0.237 e. The average molecular weight is 365 g/mol. The van der Waals surface area contributed by atoms with Crippen molar-refractivity contribution in [2.45, 2.75) is 37.1 Å². The van der Waals surface area contributed by atoms with Crippen LogP contribution in [0.1, 0.15) is 24.7 Å². The second-order valence-corrected chi connectivity index (χ2v) is 6.95. The van der Waals surface area contributed by atoms with E-state index in [1.54, 1.807) is 37.6 Å². The van der Waals surface area contributed by atoms with Crippen molar-refractivity contribution in [3.05, 3.63) is 35.4 Å². The number of rotatable bonds is 7. The third-order valence-corrected chi connectivity index (χ3v) is 4.74. The topological polar surface area (TPSA) is 103 Å². The van der Waals surface area contributed by atoms with Crippen LogP contribution in [0.2, 0.25) is 0 Å². The van der Waals surface area contributed by atoms with E-state index in [1.165, 1.54) is 17.8 Å². The molecule has 25 heavy (non-hydrogen) atoms. The van der Waals surface area contributed by atoms with Gasteiger partial charge in [0, 0.05) is 25.6 Å². The van der Waals surface area contributed by atoms with E-state index in [-0.39, 0.29) is 18.1 Å². The first-order valence-corrected chi connectivity index (χ1v) is 8.56. The lowest BCUT2D eigenvalue weighted by molar-refractivity contribution is -0.118. The van der Waals surface area contributed by atoms with E-state index in [4.69, 9.17) is 5.73 Å². The molecule has 0 saturated heterocycles. The summed E-state index contributed by atoms with van der Waals surface area (Å²) in [6, 6.07) is 4.54. The van der Waals surface area contributed by atoms with Crippen LogP contribution in [0.5, 0.6) is 0 Å². The van der Waals surface area contributed by atoms with Gasteiger partial charge in [-0.05, 0) is 31.5 Å². The lowest BCUT2D eigenvalue weighted by Gasteiger charge is -2.12. The molecule has 1 aromatic carbocycles. The SMILES string of the molecule is Cc1ccc(NC(=O)[C@@H](C)Sc2nnc(CCC(N)=O)n2C)cc1F. The number of primary amides is 1. The Hall–Kier alpha value is -2.42. The quantitative estimate of drug-likeness (QED) is 0.728. The van der Waals surface area contributed by atoms with Crippen molar-refractivity contribution < 1.29 is 14.0 Å². The van der Waals surface area contributed by atoms with Crippen molar-refractivity contribution in [1.29, 1.82) is 0 Å². The first-order valence-electron chi connectivity index (χ1n) is 7.68. The summed E-state index contributed by atoms with van der Waals surface area (Å²) in [5.74, 6) is -0.426. The van der Waals surface area contributed by atoms with Gasteiger partial charge in [-0.25, -0.2) is 4.39 Å². The summed E-state index contributed by atoms with van der Waals surface area (Å²) in [5, 5.41) is 10.8. The fourth-order valence-corrected chi connectivity index (χ4v) is 2.86. The van der Waals surface area contributed by atoms with Crippen LogP contribution >= 0.6 is 11.8 Å². The van der Waals surface area contributed by atoms with E-state index in [1.807, 2.05) is 0 Å². The van der Waals surface area contributed by atoms with Gasteiger partial charge in [-0.15, -0.1) is 10.2 Å². The number of carbonyl (C=O) groups is 2. The Balaban J connectivity index is 1.98. The number of nitrogens with one attached hydrogen (secondary N) is 1. The third kappa shape index (κ3) is 5.02. The molecule has 1 heterocycles. The zero-order valence-electron chi connectivity index (χ0n) is 14.2. The molecule has 0 radical (unpaired) electrons. The van der Waals surface area contributed by atoms with Gasteiger partial charge >= 0.3 is 0 Å². The van der Waals surface area contributed by atoms with E-state index in [0.29, 0.717) is 28.7 Å². The maximum atomic E-state index is 13.6. The molecule has 134 valence electrons. The lowest BCUT2D eigenvalue weighted by atomic mass is 10.2. The first kappa shape index (κ1) is 18.9. The summed E-state index contributed by atoms with van der Waals surface area (Å²) < 4.78 is 15.3. The Bertz CT molecular complexity index is 793. The van der Waals surface area contributed by atoms with Crippen LogP contribution < -0.4 is 11.1 Å². The van der Waals surface area contributed by atoms with Crippen molar-refractivity contribution in [2.24, 2.45) is 12.8 Å². The highest BCUT2D eigenvalue weighted by atomic mass is 32.2. The van der Waals surface area contributed by atoms with Crippen LogP contribution in [0, 0.1) is 12.7 Å². The number of amides is 2. The molecule has 7 nitrogen and oxygen atoms in total. The molecule has 0 aliphatic carbocycles. The van der Waals surface area contributed by atoms with Gasteiger partial charge in [0.2, 0.25) is 11.8 Å². The zero-order valence-corrected chi connectivity index (χ0v) is 15.1. The number of thioether (sulfide) groups is 1. The van der Waals surface area contributed by atoms with Crippen LogP contribution in [0.4, 0.5) is 10.1 Å². The van der Waals surface area contributed by atoms with Gasteiger partial charge in [0.1, 0.15) is 11.6 Å². The van der Waals surface area contributed by atoms with Gasteiger partial charge < -0.3 is 15.6 Å². The Morgan fingerprint density at radius 3 is 2.76 bits per heavy atom. The smallest absolute Gasteiger partial charge is 0.237 e. The minimum atomic E-state index is -0.462. The van der Waals surface area contributed by atoms with E-state index in [2.05, 4.69) is 15.5 Å². The van der Waals surface area contributed by atoms with Gasteiger partial charge in [-0.3, -0.25) is 9.59 Å². The first-order chi connectivity index (χ1) is 11.8. The van der Waals surface area contributed by atoms with Crippen molar-refractivity contribution in [2.75, 3.05) is 5.32 Å². The molecule has 1 aromatic heterocycles. The number of anilines is 1. The van der Waals surface area contributed by atoms with E-state index in [9.17, 15) is 14.0 Å². The molecule has 2 aromatic rings. The van der Waals surface area contributed by atoms with E-state index in [0.717, 1.165) is 0 Å². The molecule has 0 spiro atoms. The minimum Gasteiger partial charge on any atom is -0.370 e. The molecule has 2 amide bonds. The Labute approximate surface area is 149 Å². The van der Waals surface area contributed by atoms with Crippen LogP contribution in [0.15, 0.2) is 23.4 Å². The number of aromatic nitrogens is 3. The number of aryl methyl sites for hydroxylation is 2. The number of nitrogens with zero attached hydrogens (tertiary/aromatic N) is 3. The number of halogens is 1. The standard InChI is InChI=1S/C16H20FN5O2S/c1-9-4-5-11(8-12(9)17)19-15(24)10(2)25-16-21-20-14(22(16)3)7-6-13(18)23/h4-5,8,10H,6-7H2,1-3H3,(H2,18,23)(H,19,24)/t10-/m1/s1. The van der Waals surface area contributed by atoms with Gasteiger partial charge in [-0.1, -0.05) is 17.8 Å². The summed E-state index contributed by atoms with van der Waals surface area (Å²) >= 11 is 1.23. The van der Waals surface area contributed by atoms with Gasteiger partial charge in [-0.2, -0.15) is 0 Å². The summed E-state index contributed by atoms with van der Waals surface area (Å²) in [6.07, 6.45) is 0.578. The molecule has 0 unspecified atom stereocenters. The van der Waals surface area contributed by atoms with Crippen LogP contribution in [-0.4, -0.2) is 31.8 Å². The summed E-state index contributed by atoms with van der Waals surface area (Å²) in [5.41, 5.74) is 6.05. The van der Waals surface area contributed by atoms with Crippen LogP contribution in [0.3, 0.4) is 0 Å². The Kier molecular flexibility index (Phi) is 6.13. The monoisotopic (exact) mass is 365 g/mol. The molecule has 0 aliphatic heterocycles. The maximum absolute atomic E-state index is 13.6. The third-order valence-electron chi connectivity index (χ3n) is 3.61. The molecule has 9 heteroatoms. The number of hydrogen-bond donors (Lipinski definition) is 2. The Morgan fingerprint density at radius 1 is 1.40 bits per heavy atom. The summed E-state index contributed by atoms with van der Waals surface area (Å²) in [6.45, 7) is 3.38. The number of nitrogens with two attached hydrogens (primary N) is 1. The Morgan fingerprint density at radius 2 is 2.12 bits per heavy atom. The van der Waals surface area contributed by atoms with Crippen molar-refractivity contribution in [3.8, 4) is 0 Å². The molecule has 3 N–H and O–H groups in total. The summed E-state index contributed by atoms with van der Waals surface area (Å²) in [4.78, 5) is 23.1. The van der Waals surface area contributed by atoms with Crippen LogP contribution in [-0.2, 0) is 23.1 Å². The number of hydrogen-bond acceptors (Lipinski definition) is 5. The molecule has 0 aliphatic rings. The molecule has 1 atom stereocenters. The zero-order chi connectivity index (χ0) is 18.6. The molecule has 0 bridgehead atoms. The molecule has 2 rings (SSSR count). The minimum absolute atomic E-state index is 0.186. The predicted octanol–water partition coefficient (Wildman–Crippen LogP) is 1.80. The van der Waals surface area contributed by atoms with Gasteiger partial charge in [0.15, 0.2) is 5.16 Å². The van der Waals surface area contributed by atoms with Gasteiger partial charge in [0.05, 0.1) is 5.25 Å². The molecular formula is C16H20FN5O2S. The number of benzene rings is 1. The lowest BCUT2D eigenvalue weighted by Crippen LogP contribution is -2.23. The van der Waals surface area contributed by atoms with Crippen molar-refractivity contribution >= 4 is 29.3 Å². The summed E-state index contributed by atoms with van der Waals surface area (Å²) in [7, 11) is 1.76. The highest BCUT2D eigenvalue weighted by Gasteiger charge is 2.19. The largest absolute Gasteiger partial charge is 0.370 e. The van der Waals surface area contributed by atoms with E-state index < -0.39 is 11.2 Å². The second kappa shape index (κ2) is 8.11. The van der Waals surface area contributed by atoms with Gasteiger partial charge in [0.25, 0.3) is 0 Å². The van der Waals surface area contributed by atoms with E-state index >= 15 is 0 Å². The number of carbonyl (C=O) groups excluding carboxylic acids is 2.